The van der Waals surface area contributed by atoms with Crippen molar-refractivity contribution >= 4 is 27.5 Å². The van der Waals surface area contributed by atoms with Crippen LogP contribution in [0.2, 0.25) is 0 Å². The average molecular weight is 450 g/mol. The van der Waals surface area contributed by atoms with E-state index >= 15 is 0 Å². The Hall–Kier alpha value is -2.94. The van der Waals surface area contributed by atoms with E-state index in [4.69, 9.17) is 0 Å². The van der Waals surface area contributed by atoms with Gasteiger partial charge in [-0.1, -0.05) is 31.2 Å². The Morgan fingerprint density at radius 2 is 1.58 bits per heavy atom. The van der Waals surface area contributed by atoms with Crippen LogP contribution in [0, 0.1) is 5.82 Å². The molecule has 0 aliphatic heterocycles. The Labute approximate surface area is 182 Å². The fourth-order valence-electron chi connectivity index (χ4n) is 3.09. The molecule has 9 heteroatoms. The zero-order valence-corrected chi connectivity index (χ0v) is 18.9. The average Bonchev–Trinajstić information content (AvgIpc) is 2.75. The molecule has 1 unspecified atom stereocenters. The molecule has 0 aliphatic carbocycles. The largest absolute Gasteiger partial charge is 0.357 e. The summed E-state index contributed by atoms with van der Waals surface area (Å²) in [4.78, 5) is 26.7. The molecule has 1 N–H and O–H groups in total. The van der Waals surface area contributed by atoms with Crippen molar-refractivity contribution in [1.29, 1.82) is 0 Å². The number of anilines is 1. The first-order valence-electron chi connectivity index (χ1n) is 9.89. The van der Waals surface area contributed by atoms with E-state index in [1.54, 1.807) is 31.2 Å². The zero-order chi connectivity index (χ0) is 23.2. The molecule has 2 aromatic rings. The molecule has 0 aliphatic rings. The van der Waals surface area contributed by atoms with E-state index in [0.29, 0.717) is 11.3 Å². The van der Waals surface area contributed by atoms with E-state index in [9.17, 15) is 22.4 Å². The fourth-order valence-corrected chi connectivity index (χ4v) is 3.94. The van der Waals surface area contributed by atoms with Crippen LogP contribution in [0.1, 0.15) is 25.0 Å². The van der Waals surface area contributed by atoms with Gasteiger partial charge >= 0.3 is 0 Å². The molecule has 0 radical (unpaired) electrons. The van der Waals surface area contributed by atoms with Crippen LogP contribution in [0.5, 0.6) is 0 Å². The molecular formula is C22H28FN3O4S. The lowest BCUT2D eigenvalue weighted by Crippen LogP contribution is -2.50. The predicted molar refractivity (Wildman–Crippen MR) is 118 cm³/mol. The quantitative estimate of drug-likeness (QED) is 0.637. The summed E-state index contributed by atoms with van der Waals surface area (Å²) in [6, 6.07) is 11.6. The van der Waals surface area contributed by atoms with Crippen LogP contribution in [0.15, 0.2) is 48.5 Å². The van der Waals surface area contributed by atoms with Gasteiger partial charge < -0.3 is 10.2 Å². The maximum Gasteiger partial charge on any atom is 0.244 e. The monoisotopic (exact) mass is 449 g/mol. The molecule has 0 spiro atoms. The van der Waals surface area contributed by atoms with E-state index in [-0.39, 0.29) is 6.54 Å². The summed E-state index contributed by atoms with van der Waals surface area (Å²) in [6.45, 7) is 3.11. The molecule has 2 rings (SSSR count). The van der Waals surface area contributed by atoms with Crippen molar-refractivity contribution in [2.75, 3.05) is 24.2 Å². The number of carbonyl (C=O) groups is 2. The molecule has 2 aromatic carbocycles. The maximum absolute atomic E-state index is 13.3. The standard InChI is InChI=1S/C22H28FN3O4S/c1-5-17-8-12-20(13-9-17)26(31(4,29)30)15-21(27)25(16(2)22(28)24-3)14-18-6-10-19(23)11-7-18/h6-13,16H,5,14-15H2,1-4H3,(H,24,28). The van der Waals surface area contributed by atoms with Gasteiger partial charge in [-0.3, -0.25) is 13.9 Å². The number of nitrogens with zero attached hydrogens (tertiary/aromatic N) is 2. The SMILES string of the molecule is CCc1ccc(N(CC(=O)N(Cc2ccc(F)cc2)C(C)C(=O)NC)S(C)(=O)=O)cc1. The number of likely N-dealkylation sites (N-methyl/N-ethyl adjacent to an activating group) is 1. The van der Waals surface area contributed by atoms with E-state index in [0.717, 1.165) is 22.5 Å². The molecule has 2 amide bonds. The van der Waals surface area contributed by atoms with Crippen LogP contribution < -0.4 is 9.62 Å². The lowest BCUT2D eigenvalue weighted by Gasteiger charge is -2.31. The molecule has 0 fully saturated rings. The number of amides is 2. The van der Waals surface area contributed by atoms with Crippen molar-refractivity contribution in [1.82, 2.24) is 10.2 Å². The summed E-state index contributed by atoms with van der Waals surface area (Å²) >= 11 is 0. The molecule has 7 nitrogen and oxygen atoms in total. The Balaban J connectivity index is 2.35. The number of halogens is 1. The van der Waals surface area contributed by atoms with Crippen LogP contribution in [0.25, 0.3) is 0 Å². The van der Waals surface area contributed by atoms with Crippen molar-refractivity contribution in [3.8, 4) is 0 Å². The molecule has 0 heterocycles. The summed E-state index contributed by atoms with van der Waals surface area (Å²) in [7, 11) is -2.30. The number of carbonyl (C=O) groups excluding carboxylic acids is 2. The van der Waals surface area contributed by atoms with Crippen LogP contribution >= 0.6 is 0 Å². The van der Waals surface area contributed by atoms with Crippen molar-refractivity contribution < 1.29 is 22.4 Å². The number of hydrogen-bond donors (Lipinski definition) is 1. The number of aryl methyl sites for hydroxylation is 1. The molecular weight excluding hydrogens is 421 g/mol. The normalized spacial score (nSPS) is 12.2. The number of benzene rings is 2. The third kappa shape index (κ3) is 6.52. The summed E-state index contributed by atoms with van der Waals surface area (Å²) in [5.41, 5.74) is 2.01. The molecule has 168 valence electrons. The topological polar surface area (TPSA) is 86.8 Å². The molecule has 31 heavy (non-hydrogen) atoms. The number of rotatable bonds is 9. The van der Waals surface area contributed by atoms with Crippen molar-refractivity contribution in [3.05, 3.63) is 65.5 Å². The lowest BCUT2D eigenvalue weighted by molar-refractivity contribution is -0.139. The third-order valence-corrected chi connectivity index (χ3v) is 6.13. The van der Waals surface area contributed by atoms with Gasteiger partial charge in [0.1, 0.15) is 18.4 Å². The van der Waals surface area contributed by atoms with Crippen molar-refractivity contribution in [2.45, 2.75) is 32.9 Å². The Morgan fingerprint density at radius 1 is 1.03 bits per heavy atom. The van der Waals surface area contributed by atoms with Gasteiger partial charge in [0.2, 0.25) is 21.8 Å². The minimum atomic E-state index is -3.76. The summed E-state index contributed by atoms with van der Waals surface area (Å²) in [6.07, 6.45) is 1.83. The Bertz CT molecular complexity index is 1010. The zero-order valence-electron chi connectivity index (χ0n) is 18.1. The first-order chi connectivity index (χ1) is 14.6. The second-order valence-electron chi connectivity index (χ2n) is 7.23. The van der Waals surface area contributed by atoms with E-state index in [1.165, 1.54) is 36.2 Å². The van der Waals surface area contributed by atoms with Gasteiger partial charge in [0, 0.05) is 13.6 Å². The summed E-state index contributed by atoms with van der Waals surface area (Å²) < 4.78 is 39.1. The van der Waals surface area contributed by atoms with Gasteiger partial charge in [0.25, 0.3) is 0 Å². The van der Waals surface area contributed by atoms with Gasteiger partial charge in [-0.2, -0.15) is 0 Å². The van der Waals surface area contributed by atoms with Gasteiger partial charge in [-0.05, 0) is 48.7 Å². The van der Waals surface area contributed by atoms with Gasteiger partial charge in [-0.15, -0.1) is 0 Å². The van der Waals surface area contributed by atoms with Crippen molar-refractivity contribution in [3.63, 3.8) is 0 Å². The van der Waals surface area contributed by atoms with E-state index in [2.05, 4.69) is 5.32 Å². The molecule has 0 saturated heterocycles. The fraction of sp³-hybridized carbons (Fsp3) is 0.364. The highest BCUT2D eigenvalue weighted by molar-refractivity contribution is 7.92. The lowest BCUT2D eigenvalue weighted by atomic mass is 10.1. The number of sulfonamides is 1. The maximum atomic E-state index is 13.3. The highest BCUT2D eigenvalue weighted by Crippen LogP contribution is 2.20. The Morgan fingerprint density at radius 3 is 2.06 bits per heavy atom. The summed E-state index contributed by atoms with van der Waals surface area (Å²) in [5.74, 6) is -1.36. The number of hydrogen-bond acceptors (Lipinski definition) is 4. The van der Waals surface area contributed by atoms with Crippen LogP contribution in [-0.2, 0) is 32.6 Å². The molecule has 0 aromatic heterocycles. The number of nitrogens with one attached hydrogen (secondary N) is 1. The van der Waals surface area contributed by atoms with Crippen LogP contribution in [0.3, 0.4) is 0 Å². The van der Waals surface area contributed by atoms with E-state index < -0.39 is 40.2 Å². The molecule has 0 saturated carbocycles. The van der Waals surface area contributed by atoms with Crippen LogP contribution in [0.4, 0.5) is 10.1 Å². The van der Waals surface area contributed by atoms with Gasteiger partial charge in [0.15, 0.2) is 0 Å². The minimum Gasteiger partial charge on any atom is -0.357 e. The van der Waals surface area contributed by atoms with Crippen LogP contribution in [-0.4, -0.2) is 51.0 Å². The first kappa shape index (κ1) is 24.3. The van der Waals surface area contributed by atoms with Gasteiger partial charge in [0.05, 0.1) is 11.9 Å². The minimum absolute atomic E-state index is 0.0279. The second kappa shape index (κ2) is 10.4. The second-order valence-corrected chi connectivity index (χ2v) is 9.13. The predicted octanol–water partition coefficient (Wildman–Crippen LogP) is 2.32. The highest BCUT2D eigenvalue weighted by Gasteiger charge is 2.29. The third-order valence-electron chi connectivity index (χ3n) is 4.99. The van der Waals surface area contributed by atoms with Gasteiger partial charge in [-0.25, -0.2) is 12.8 Å². The first-order valence-corrected chi connectivity index (χ1v) is 11.7. The summed E-state index contributed by atoms with van der Waals surface area (Å²) in [5, 5.41) is 2.50. The molecule has 1 atom stereocenters. The van der Waals surface area contributed by atoms with Crippen molar-refractivity contribution in [2.24, 2.45) is 0 Å². The van der Waals surface area contributed by atoms with E-state index in [1.807, 2.05) is 6.92 Å². The highest BCUT2D eigenvalue weighted by atomic mass is 32.2. The molecule has 0 bridgehead atoms. The smallest absolute Gasteiger partial charge is 0.244 e. The Kier molecular flexibility index (Phi) is 8.15.